The third kappa shape index (κ3) is 1.73. The molecule has 0 aliphatic carbocycles. The highest BCUT2D eigenvalue weighted by molar-refractivity contribution is 5.20. The first kappa shape index (κ1) is 8.72. The Kier molecular flexibility index (Phi) is 2.61. The van der Waals surface area contributed by atoms with E-state index in [1.54, 1.807) is 0 Å². The fourth-order valence-corrected chi connectivity index (χ4v) is 1.82. The van der Waals surface area contributed by atoms with Crippen LogP contribution in [0.15, 0.2) is 6.20 Å². The Morgan fingerprint density at radius 2 is 2.31 bits per heavy atom. The van der Waals surface area contributed by atoms with Crippen LogP contribution in [0.25, 0.3) is 0 Å². The van der Waals surface area contributed by atoms with Gasteiger partial charge in [-0.3, -0.25) is 5.10 Å². The molecule has 1 aromatic rings. The third-order valence-corrected chi connectivity index (χ3v) is 2.60. The van der Waals surface area contributed by atoms with Crippen LogP contribution in [0, 0.1) is 0 Å². The standard InChI is InChI=1S/C9H15N3O/c10-5-8-6-11-12-9(8)7-1-3-13-4-2-7/h6-7H,1-5,10H2,(H,11,12). The number of aromatic amines is 1. The van der Waals surface area contributed by atoms with Crippen molar-refractivity contribution >= 4 is 0 Å². The van der Waals surface area contributed by atoms with Crippen LogP contribution in [-0.4, -0.2) is 23.4 Å². The summed E-state index contributed by atoms with van der Waals surface area (Å²) >= 11 is 0. The van der Waals surface area contributed by atoms with Crippen molar-refractivity contribution in [3.63, 3.8) is 0 Å². The molecule has 0 saturated carbocycles. The average Bonchev–Trinajstić information content (AvgIpc) is 2.67. The minimum atomic E-state index is 0.565. The predicted octanol–water partition coefficient (Wildman–Crippen LogP) is 0.762. The molecule has 1 aliphatic heterocycles. The molecule has 1 saturated heterocycles. The van der Waals surface area contributed by atoms with E-state index in [4.69, 9.17) is 10.5 Å². The topological polar surface area (TPSA) is 63.9 Å². The lowest BCUT2D eigenvalue weighted by Crippen LogP contribution is -2.16. The van der Waals surface area contributed by atoms with Gasteiger partial charge in [0.15, 0.2) is 0 Å². The van der Waals surface area contributed by atoms with Crippen LogP contribution in [0.1, 0.15) is 30.0 Å². The first-order chi connectivity index (χ1) is 6.42. The van der Waals surface area contributed by atoms with Crippen molar-refractivity contribution in [2.75, 3.05) is 13.2 Å². The molecule has 1 aromatic heterocycles. The Labute approximate surface area is 77.5 Å². The summed E-state index contributed by atoms with van der Waals surface area (Å²) in [6.07, 6.45) is 3.98. The molecule has 2 heterocycles. The van der Waals surface area contributed by atoms with Crippen molar-refractivity contribution in [2.45, 2.75) is 25.3 Å². The highest BCUT2D eigenvalue weighted by atomic mass is 16.5. The number of hydrogen-bond acceptors (Lipinski definition) is 3. The Hall–Kier alpha value is -0.870. The van der Waals surface area contributed by atoms with Crippen molar-refractivity contribution < 1.29 is 4.74 Å². The summed E-state index contributed by atoms with van der Waals surface area (Å²) in [6, 6.07) is 0. The molecule has 0 aromatic carbocycles. The summed E-state index contributed by atoms with van der Waals surface area (Å²) in [6.45, 7) is 2.28. The number of nitrogens with one attached hydrogen (secondary N) is 1. The maximum atomic E-state index is 5.61. The van der Waals surface area contributed by atoms with Crippen LogP contribution in [0.5, 0.6) is 0 Å². The Balaban J connectivity index is 2.13. The van der Waals surface area contributed by atoms with Crippen molar-refractivity contribution in [3.05, 3.63) is 17.5 Å². The van der Waals surface area contributed by atoms with E-state index in [-0.39, 0.29) is 0 Å². The molecule has 0 spiro atoms. The molecule has 72 valence electrons. The van der Waals surface area contributed by atoms with Crippen molar-refractivity contribution in [3.8, 4) is 0 Å². The summed E-state index contributed by atoms with van der Waals surface area (Å²) in [5, 5.41) is 7.06. The van der Waals surface area contributed by atoms with Gasteiger partial charge in [-0.1, -0.05) is 0 Å². The zero-order valence-electron chi connectivity index (χ0n) is 7.62. The van der Waals surface area contributed by atoms with E-state index in [1.807, 2.05) is 6.20 Å². The second-order valence-corrected chi connectivity index (χ2v) is 3.40. The second kappa shape index (κ2) is 3.89. The Morgan fingerprint density at radius 3 is 3.00 bits per heavy atom. The Bertz CT molecular complexity index is 266. The highest BCUT2D eigenvalue weighted by Crippen LogP contribution is 2.27. The lowest BCUT2D eigenvalue weighted by atomic mass is 9.94. The van der Waals surface area contributed by atoms with Gasteiger partial charge in [0.05, 0.1) is 6.20 Å². The number of ether oxygens (including phenoxy) is 1. The van der Waals surface area contributed by atoms with Gasteiger partial charge in [-0.05, 0) is 12.8 Å². The molecule has 0 atom stereocenters. The van der Waals surface area contributed by atoms with Gasteiger partial charge in [-0.2, -0.15) is 5.10 Å². The minimum absolute atomic E-state index is 0.565. The average molecular weight is 181 g/mol. The first-order valence-electron chi connectivity index (χ1n) is 4.71. The lowest BCUT2D eigenvalue weighted by molar-refractivity contribution is 0.0843. The van der Waals surface area contributed by atoms with Crippen molar-refractivity contribution in [1.82, 2.24) is 10.2 Å². The van der Waals surface area contributed by atoms with Crippen LogP contribution in [0.4, 0.5) is 0 Å². The normalized spacial score (nSPS) is 19.2. The quantitative estimate of drug-likeness (QED) is 0.708. The van der Waals surface area contributed by atoms with Gasteiger partial charge in [0.25, 0.3) is 0 Å². The number of rotatable bonds is 2. The van der Waals surface area contributed by atoms with Gasteiger partial charge in [-0.25, -0.2) is 0 Å². The van der Waals surface area contributed by atoms with Gasteiger partial charge in [0, 0.05) is 36.9 Å². The fourth-order valence-electron chi connectivity index (χ4n) is 1.82. The fraction of sp³-hybridized carbons (Fsp3) is 0.667. The lowest BCUT2D eigenvalue weighted by Gasteiger charge is -2.21. The molecule has 0 amide bonds. The molecule has 1 fully saturated rings. The van der Waals surface area contributed by atoms with E-state index in [0.29, 0.717) is 12.5 Å². The van der Waals surface area contributed by atoms with E-state index in [1.165, 1.54) is 5.69 Å². The molecule has 4 nitrogen and oxygen atoms in total. The van der Waals surface area contributed by atoms with Gasteiger partial charge in [0.2, 0.25) is 0 Å². The van der Waals surface area contributed by atoms with Gasteiger partial charge < -0.3 is 10.5 Å². The Morgan fingerprint density at radius 1 is 1.54 bits per heavy atom. The largest absolute Gasteiger partial charge is 0.381 e. The molecule has 0 bridgehead atoms. The molecule has 3 N–H and O–H groups in total. The smallest absolute Gasteiger partial charge is 0.0535 e. The van der Waals surface area contributed by atoms with Crippen LogP contribution >= 0.6 is 0 Å². The van der Waals surface area contributed by atoms with Crippen LogP contribution in [0.2, 0.25) is 0 Å². The predicted molar refractivity (Wildman–Crippen MR) is 49.3 cm³/mol. The molecule has 13 heavy (non-hydrogen) atoms. The number of hydrogen-bond donors (Lipinski definition) is 2. The van der Waals surface area contributed by atoms with E-state index in [0.717, 1.165) is 31.6 Å². The number of nitrogens with two attached hydrogens (primary N) is 1. The highest BCUT2D eigenvalue weighted by Gasteiger charge is 2.19. The second-order valence-electron chi connectivity index (χ2n) is 3.40. The van der Waals surface area contributed by atoms with Crippen LogP contribution in [0.3, 0.4) is 0 Å². The molecular formula is C9H15N3O. The summed E-state index contributed by atoms with van der Waals surface area (Å²) in [5.41, 5.74) is 7.97. The molecule has 0 unspecified atom stereocenters. The van der Waals surface area contributed by atoms with E-state index in [2.05, 4.69) is 10.2 Å². The number of nitrogens with zero attached hydrogens (tertiary/aromatic N) is 1. The van der Waals surface area contributed by atoms with Gasteiger partial charge in [-0.15, -0.1) is 0 Å². The maximum absolute atomic E-state index is 5.61. The molecule has 1 aliphatic rings. The van der Waals surface area contributed by atoms with E-state index < -0.39 is 0 Å². The van der Waals surface area contributed by atoms with Crippen molar-refractivity contribution in [1.29, 1.82) is 0 Å². The van der Waals surface area contributed by atoms with Gasteiger partial charge >= 0.3 is 0 Å². The van der Waals surface area contributed by atoms with Crippen LogP contribution in [-0.2, 0) is 11.3 Å². The zero-order chi connectivity index (χ0) is 9.10. The SMILES string of the molecule is NCc1cn[nH]c1C1CCOCC1. The van der Waals surface area contributed by atoms with Gasteiger partial charge in [0.1, 0.15) is 0 Å². The summed E-state index contributed by atoms with van der Waals surface area (Å²) < 4.78 is 5.31. The van der Waals surface area contributed by atoms with Crippen LogP contribution < -0.4 is 5.73 Å². The number of aromatic nitrogens is 2. The third-order valence-electron chi connectivity index (χ3n) is 2.60. The molecule has 0 radical (unpaired) electrons. The maximum Gasteiger partial charge on any atom is 0.0535 e. The molecule has 4 heteroatoms. The van der Waals surface area contributed by atoms with E-state index in [9.17, 15) is 0 Å². The molecule has 2 rings (SSSR count). The minimum Gasteiger partial charge on any atom is -0.381 e. The first-order valence-corrected chi connectivity index (χ1v) is 4.71. The molecular weight excluding hydrogens is 166 g/mol. The summed E-state index contributed by atoms with van der Waals surface area (Å²) in [4.78, 5) is 0. The summed E-state index contributed by atoms with van der Waals surface area (Å²) in [7, 11) is 0. The van der Waals surface area contributed by atoms with E-state index >= 15 is 0 Å². The number of H-pyrrole nitrogens is 1. The summed E-state index contributed by atoms with van der Waals surface area (Å²) in [5.74, 6) is 0.565. The monoisotopic (exact) mass is 181 g/mol. The zero-order valence-corrected chi connectivity index (χ0v) is 7.62. The van der Waals surface area contributed by atoms with Crippen molar-refractivity contribution in [2.24, 2.45) is 5.73 Å².